The number of amides is 2. The topological polar surface area (TPSA) is 70.2 Å². The summed E-state index contributed by atoms with van der Waals surface area (Å²) in [5.41, 5.74) is 3.22. The number of carbonyl (C=O) groups excluding carboxylic acids is 2. The van der Waals surface area contributed by atoms with Crippen molar-refractivity contribution in [3.8, 4) is 0 Å². The fourth-order valence-electron chi connectivity index (χ4n) is 3.26. The summed E-state index contributed by atoms with van der Waals surface area (Å²) in [5, 5.41) is 9.12. The summed E-state index contributed by atoms with van der Waals surface area (Å²) in [4.78, 5) is 24.3. The van der Waals surface area contributed by atoms with Gasteiger partial charge in [-0.25, -0.2) is 0 Å². The van der Waals surface area contributed by atoms with Gasteiger partial charge in [0.05, 0.1) is 5.92 Å². The molecule has 24 heavy (non-hydrogen) atoms. The molecule has 3 N–H and O–H groups in total. The number of hydrogen-bond acceptors (Lipinski definition) is 3. The van der Waals surface area contributed by atoms with Crippen LogP contribution in [0.4, 0.5) is 5.69 Å². The van der Waals surface area contributed by atoms with Crippen molar-refractivity contribution in [1.82, 2.24) is 10.6 Å². The maximum absolute atomic E-state index is 12.2. The highest BCUT2D eigenvalue weighted by molar-refractivity contribution is 6.02. The Hall–Kier alpha value is -1.59. The highest BCUT2D eigenvalue weighted by Crippen LogP contribution is 2.35. The van der Waals surface area contributed by atoms with Crippen LogP contribution in [0.3, 0.4) is 0 Å². The van der Waals surface area contributed by atoms with Crippen molar-refractivity contribution in [1.29, 1.82) is 0 Å². The van der Waals surface area contributed by atoms with Crippen LogP contribution in [0.25, 0.3) is 0 Å². The van der Waals surface area contributed by atoms with Crippen LogP contribution in [0.15, 0.2) is 18.2 Å². The van der Waals surface area contributed by atoms with Gasteiger partial charge in [-0.1, -0.05) is 26.0 Å². The molecular formula is C18H26ClN3O2. The van der Waals surface area contributed by atoms with E-state index in [1.54, 1.807) is 0 Å². The van der Waals surface area contributed by atoms with Gasteiger partial charge in [0.2, 0.25) is 11.8 Å². The second kappa shape index (κ2) is 7.99. The number of benzene rings is 1. The Labute approximate surface area is 149 Å². The molecule has 2 aliphatic rings. The second-order valence-electron chi connectivity index (χ2n) is 6.60. The molecule has 1 fully saturated rings. The van der Waals surface area contributed by atoms with E-state index in [1.807, 2.05) is 13.0 Å². The normalized spacial score (nSPS) is 20.4. The minimum absolute atomic E-state index is 0. The summed E-state index contributed by atoms with van der Waals surface area (Å²) < 4.78 is 0. The van der Waals surface area contributed by atoms with Crippen LogP contribution in [0.5, 0.6) is 0 Å². The van der Waals surface area contributed by atoms with Crippen molar-refractivity contribution in [3.05, 3.63) is 29.3 Å². The smallest absolute Gasteiger partial charge is 0.232 e. The number of fused-ring (bicyclic) bond motifs is 1. The first-order chi connectivity index (χ1) is 11.1. The molecule has 0 radical (unpaired) electrons. The van der Waals surface area contributed by atoms with Crippen LogP contribution in [-0.2, 0) is 16.0 Å². The predicted molar refractivity (Wildman–Crippen MR) is 97.6 cm³/mol. The third-order valence-corrected chi connectivity index (χ3v) is 5.14. The van der Waals surface area contributed by atoms with Crippen LogP contribution >= 0.6 is 12.4 Å². The Balaban J connectivity index is 0.00000208. The zero-order valence-electron chi connectivity index (χ0n) is 14.2. The van der Waals surface area contributed by atoms with E-state index in [-0.39, 0.29) is 36.1 Å². The van der Waals surface area contributed by atoms with E-state index in [0.29, 0.717) is 18.9 Å². The molecule has 2 aliphatic heterocycles. The summed E-state index contributed by atoms with van der Waals surface area (Å²) in [6.45, 7) is 6.47. The lowest BCUT2D eigenvalue weighted by Crippen LogP contribution is -2.49. The third-order valence-electron chi connectivity index (χ3n) is 5.14. The first-order valence-electron chi connectivity index (χ1n) is 8.52. The molecule has 132 valence electrons. The standard InChI is InChI=1S/C18H25N3O2.ClH/c1-3-12-4-5-16-15(8-12)14(18(23)21-16)6-7-20-17(22)11(2)13-9-19-10-13;/h4-5,8,11,13-14,19H,3,6-7,9-10H2,1-2H3,(H,20,22)(H,21,23);1H. The average Bonchev–Trinajstić information content (AvgIpc) is 2.80. The molecule has 1 saturated heterocycles. The fraction of sp³-hybridized carbons (Fsp3) is 0.556. The van der Waals surface area contributed by atoms with Crippen molar-refractivity contribution in [3.63, 3.8) is 0 Å². The molecule has 0 saturated carbocycles. The largest absolute Gasteiger partial charge is 0.356 e. The second-order valence-corrected chi connectivity index (χ2v) is 6.60. The van der Waals surface area contributed by atoms with Gasteiger partial charge in [0.1, 0.15) is 0 Å². The van der Waals surface area contributed by atoms with Crippen LogP contribution in [0, 0.1) is 11.8 Å². The summed E-state index contributed by atoms with van der Waals surface area (Å²) in [6, 6.07) is 6.15. The van der Waals surface area contributed by atoms with Crippen LogP contribution in [-0.4, -0.2) is 31.4 Å². The van der Waals surface area contributed by atoms with E-state index in [1.165, 1.54) is 5.56 Å². The molecule has 5 nitrogen and oxygen atoms in total. The van der Waals surface area contributed by atoms with Gasteiger partial charge in [0.15, 0.2) is 0 Å². The van der Waals surface area contributed by atoms with E-state index >= 15 is 0 Å². The quantitative estimate of drug-likeness (QED) is 0.734. The lowest BCUT2D eigenvalue weighted by atomic mass is 9.88. The number of aryl methyl sites for hydroxylation is 1. The number of halogens is 1. The highest BCUT2D eigenvalue weighted by Gasteiger charge is 2.31. The van der Waals surface area contributed by atoms with Crippen LogP contribution < -0.4 is 16.0 Å². The molecule has 0 spiro atoms. The monoisotopic (exact) mass is 351 g/mol. The van der Waals surface area contributed by atoms with Crippen molar-refractivity contribution < 1.29 is 9.59 Å². The lowest BCUT2D eigenvalue weighted by Gasteiger charge is -2.31. The van der Waals surface area contributed by atoms with Gasteiger partial charge in [0, 0.05) is 18.2 Å². The zero-order chi connectivity index (χ0) is 16.4. The first kappa shape index (κ1) is 18.7. The van der Waals surface area contributed by atoms with E-state index in [0.717, 1.165) is 30.8 Å². The van der Waals surface area contributed by atoms with Gasteiger partial charge in [-0.05, 0) is 49.0 Å². The van der Waals surface area contributed by atoms with E-state index in [2.05, 4.69) is 35.0 Å². The Morgan fingerprint density at radius 2 is 2.12 bits per heavy atom. The van der Waals surface area contributed by atoms with Gasteiger partial charge >= 0.3 is 0 Å². The van der Waals surface area contributed by atoms with E-state index in [4.69, 9.17) is 0 Å². The van der Waals surface area contributed by atoms with Crippen molar-refractivity contribution in [2.24, 2.45) is 11.8 Å². The molecule has 2 unspecified atom stereocenters. The maximum Gasteiger partial charge on any atom is 0.232 e. The van der Waals surface area contributed by atoms with Crippen LogP contribution in [0.2, 0.25) is 0 Å². The average molecular weight is 352 g/mol. The van der Waals surface area contributed by atoms with Gasteiger partial charge in [0.25, 0.3) is 0 Å². The molecule has 6 heteroatoms. The Bertz CT molecular complexity index is 616. The van der Waals surface area contributed by atoms with E-state index < -0.39 is 0 Å². The Morgan fingerprint density at radius 1 is 1.38 bits per heavy atom. The van der Waals surface area contributed by atoms with Gasteiger partial charge in [-0.15, -0.1) is 12.4 Å². The molecule has 0 aromatic heterocycles. The van der Waals surface area contributed by atoms with Gasteiger partial charge in [-0.2, -0.15) is 0 Å². The molecule has 3 rings (SSSR count). The van der Waals surface area contributed by atoms with E-state index in [9.17, 15) is 9.59 Å². The molecular weight excluding hydrogens is 326 g/mol. The summed E-state index contributed by atoms with van der Waals surface area (Å²) in [6.07, 6.45) is 1.60. The van der Waals surface area contributed by atoms with Crippen LogP contribution in [0.1, 0.15) is 37.3 Å². The molecule has 0 bridgehead atoms. The molecule has 2 heterocycles. The maximum atomic E-state index is 12.2. The van der Waals surface area contributed by atoms with Crippen molar-refractivity contribution in [2.75, 3.05) is 25.0 Å². The van der Waals surface area contributed by atoms with Gasteiger partial charge in [-0.3, -0.25) is 9.59 Å². The summed E-state index contributed by atoms with van der Waals surface area (Å²) in [5.74, 6) is 0.457. The fourth-order valence-corrected chi connectivity index (χ4v) is 3.26. The number of hydrogen-bond donors (Lipinski definition) is 3. The van der Waals surface area contributed by atoms with Crippen molar-refractivity contribution in [2.45, 2.75) is 32.6 Å². The molecule has 2 atom stereocenters. The molecule has 0 aliphatic carbocycles. The molecule has 1 aromatic carbocycles. The SMILES string of the molecule is CCc1ccc2c(c1)C(CCNC(=O)C(C)C1CNC1)C(=O)N2.Cl. The highest BCUT2D eigenvalue weighted by atomic mass is 35.5. The summed E-state index contributed by atoms with van der Waals surface area (Å²) in [7, 11) is 0. The zero-order valence-corrected chi connectivity index (χ0v) is 15.0. The number of nitrogens with one attached hydrogen (secondary N) is 3. The minimum atomic E-state index is -0.155. The third kappa shape index (κ3) is 3.73. The first-order valence-corrected chi connectivity index (χ1v) is 8.52. The van der Waals surface area contributed by atoms with Gasteiger partial charge < -0.3 is 16.0 Å². The number of anilines is 1. The number of carbonyl (C=O) groups is 2. The number of rotatable bonds is 6. The van der Waals surface area contributed by atoms with Crippen molar-refractivity contribution >= 4 is 29.9 Å². The lowest BCUT2D eigenvalue weighted by molar-refractivity contribution is -0.127. The summed E-state index contributed by atoms with van der Waals surface area (Å²) >= 11 is 0. The Morgan fingerprint density at radius 3 is 2.75 bits per heavy atom. The molecule has 2 amide bonds. The predicted octanol–water partition coefficient (Wildman–Crippen LogP) is 2.07. The minimum Gasteiger partial charge on any atom is -0.356 e. The Kier molecular flexibility index (Phi) is 6.24. The molecule has 1 aromatic rings.